The molecule has 2 aromatic carbocycles. The van der Waals surface area contributed by atoms with Crippen molar-refractivity contribution in [2.75, 3.05) is 10.6 Å². The molecule has 2 aromatic rings. The number of anilines is 1. The molecule has 138 valence electrons. The fraction of sp³-hybridized carbons (Fsp3) is 0.278. The molecule has 26 heavy (non-hydrogen) atoms. The van der Waals surface area contributed by atoms with Crippen LogP contribution in [0.5, 0.6) is 0 Å². The van der Waals surface area contributed by atoms with Crippen molar-refractivity contribution in [2.45, 2.75) is 25.9 Å². The molecule has 1 unspecified atom stereocenters. The Kier molecular flexibility index (Phi) is 5.07. The first-order chi connectivity index (χ1) is 12.2. The molecule has 0 fully saturated rings. The van der Waals surface area contributed by atoms with Gasteiger partial charge in [-0.15, -0.1) is 0 Å². The van der Waals surface area contributed by atoms with Crippen LogP contribution in [-0.2, 0) is 23.0 Å². The zero-order valence-corrected chi connectivity index (χ0v) is 16.7. The van der Waals surface area contributed by atoms with Crippen LogP contribution in [0.15, 0.2) is 40.9 Å². The van der Waals surface area contributed by atoms with Crippen LogP contribution < -0.4 is 9.62 Å². The van der Waals surface area contributed by atoms with Crippen molar-refractivity contribution < 1.29 is 17.6 Å². The summed E-state index contributed by atoms with van der Waals surface area (Å²) in [5.41, 5.74) is 2.21. The van der Waals surface area contributed by atoms with Crippen molar-refractivity contribution in [1.29, 1.82) is 0 Å². The number of rotatable bonds is 4. The molecule has 0 spiro atoms. The second kappa shape index (κ2) is 7.00. The Balaban J connectivity index is 1.78. The Hall–Kier alpha value is -1.93. The highest BCUT2D eigenvalue weighted by molar-refractivity contribution is 9.10. The van der Waals surface area contributed by atoms with E-state index in [4.69, 9.17) is 0 Å². The predicted molar refractivity (Wildman–Crippen MR) is 102 cm³/mol. The molecule has 1 N–H and O–H groups in total. The normalized spacial score (nSPS) is 16.5. The average molecular weight is 441 g/mol. The van der Waals surface area contributed by atoms with Gasteiger partial charge >= 0.3 is 0 Å². The van der Waals surface area contributed by atoms with Crippen LogP contribution in [0.4, 0.5) is 10.1 Å². The number of sulfonamides is 1. The minimum atomic E-state index is -3.37. The largest absolute Gasteiger partial charge is 0.348 e. The van der Waals surface area contributed by atoms with E-state index >= 15 is 0 Å². The van der Waals surface area contributed by atoms with Crippen molar-refractivity contribution in [3.63, 3.8) is 0 Å². The highest BCUT2D eigenvalue weighted by atomic mass is 79.9. The van der Waals surface area contributed by atoms with Crippen LogP contribution >= 0.6 is 15.9 Å². The van der Waals surface area contributed by atoms with Gasteiger partial charge in [0.05, 0.1) is 11.9 Å². The standard InChI is InChI=1S/C18H18BrFN2O3S/c1-11-7-13-8-12(3-6-17(13)22(11)26(2,24)25)18(23)21-10-14-9-15(19)4-5-16(14)20/h3-6,8-9,11H,7,10H2,1-2H3,(H,21,23). The van der Waals surface area contributed by atoms with Crippen LogP contribution in [0.2, 0.25) is 0 Å². The Morgan fingerprint density at radius 3 is 2.73 bits per heavy atom. The van der Waals surface area contributed by atoms with Gasteiger partial charge in [-0.3, -0.25) is 9.10 Å². The van der Waals surface area contributed by atoms with E-state index in [1.54, 1.807) is 30.3 Å². The summed E-state index contributed by atoms with van der Waals surface area (Å²) in [6.45, 7) is 1.89. The van der Waals surface area contributed by atoms with Gasteiger partial charge in [0.2, 0.25) is 10.0 Å². The second-order valence-corrected chi connectivity index (χ2v) is 9.15. The summed E-state index contributed by atoms with van der Waals surface area (Å²) in [6.07, 6.45) is 1.72. The molecule has 1 heterocycles. The zero-order chi connectivity index (χ0) is 19.1. The summed E-state index contributed by atoms with van der Waals surface area (Å²) in [5, 5.41) is 2.70. The number of carbonyl (C=O) groups is 1. The molecule has 0 saturated carbocycles. The Bertz CT molecular complexity index is 978. The number of halogens is 2. The summed E-state index contributed by atoms with van der Waals surface area (Å²) in [7, 11) is -3.37. The molecular formula is C18H18BrFN2O3S. The maximum atomic E-state index is 13.8. The maximum Gasteiger partial charge on any atom is 0.251 e. The van der Waals surface area contributed by atoms with E-state index in [-0.39, 0.29) is 24.3 Å². The first-order valence-corrected chi connectivity index (χ1v) is 10.7. The molecule has 1 aliphatic heterocycles. The monoisotopic (exact) mass is 440 g/mol. The number of benzene rings is 2. The van der Waals surface area contributed by atoms with E-state index in [1.807, 2.05) is 6.92 Å². The average Bonchev–Trinajstić information content (AvgIpc) is 2.90. The Morgan fingerprint density at radius 1 is 1.31 bits per heavy atom. The Labute approximate surface area is 160 Å². The number of amides is 1. The van der Waals surface area contributed by atoms with Crippen molar-refractivity contribution in [3.05, 3.63) is 63.4 Å². The van der Waals surface area contributed by atoms with E-state index < -0.39 is 10.0 Å². The Morgan fingerprint density at radius 2 is 2.04 bits per heavy atom. The lowest BCUT2D eigenvalue weighted by atomic mass is 10.1. The number of fused-ring (bicyclic) bond motifs is 1. The molecule has 1 atom stereocenters. The van der Waals surface area contributed by atoms with Gasteiger partial charge < -0.3 is 5.32 Å². The quantitative estimate of drug-likeness (QED) is 0.793. The van der Waals surface area contributed by atoms with Crippen LogP contribution in [0.1, 0.15) is 28.4 Å². The van der Waals surface area contributed by atoms with Crippen LogP contribution in [0.25, 0.3) is 0 Å². The minimum absolute atomic E-state index is 0.0626. The number of hydrogen-bond donors (Lipinski definition) is 1. The lowest BCUT2D eigenvalue weighted by Crippen LogP contribution is -2.34. The highest BCUT2D eigenvalue weighted by Gasteiger charge is 2.32. The third-order valence-electron chi connectivity index (χ3n) is 4.30. The van der Waals surface area contributed by atoms with Gasteiger partial charge in [0.1, 0.15) is 5.82 Å². The molecule has 0 aliphatic carbocycles. The van der Waals surface area contributed by atoms with Gasteiger partial charge in [-0.25, -0.2) is 12.8 Å². The molecule has 8 heteroatoms. The summed E-state index contributed by atoms with van der Waals surface area (Å²) in [6, 6.07) is 9.29. The predicted octanol–water partition coefficient (Wildman–Crippen LogP) is 3.23. The fourth-order valence-corrected chi connectivity index (χ4v) is 4.88. The molecule has 1 aliphatic rings. The van der Waals surface area contributed by atoms with Crippen LogP contribution in [0.3, 0.4) is 0 Å². The molecule has 0 aromatic heterocycles. The summed E-state index contributed by atoms with van der Waals surface area (Å²) in [5.74, 6) is -0.724. The zero-order valence-electron chi connectivity index (χ0n) is 14.3. The fourth-order valence-electron chi connectivity index (χ4n) is 3.21. The first kappa shape index (κ1) is 18.8. The van der Waals surface area contributed by atoms with Gasteiger partial charge in [0.25, 0.3) is 5.91 Å². The molecule has 0 bridgehead atoms. The second-order valence-electron chi connectivity index (χ2n) is 6.37. The van der Waals surface area contributed by atoms with E-state index in [9.17, 15) is 17.6 Å². The highest BCUT2D eigenvalue weighted by Crippen LogP contribution is 2.34. The lowest BCUT2D eigenvalue weighted by molar-refractivity contribution is 0.0950. The van der Waals surface area contributed by atoms with Crippen molar-refractivity contribution in [3.8, 4) is 0 Å². The molecule has 3 rings (SSSR count). The third kappa shape index (κ3) is 3.76. The molecular weight excluding hydrogens is 423 g/mol. The summed E-state index contributed by atoms with van der Waals surface area (Å²) >= 11 is 3.28. The topological polar surface area (TPSA) is 66.5 Å². The number of hydrogen-bond acceptors (Lipinski definition) is 3. The van der Waals surface area contributed by atoms with E-state index in [1.165, 1.54) is 16.6 Å². The van der Waals surface area contributed by atoms with Gasteiger partial charge in [-0.05, 0) is 55.3 Å². The van der Waals surface area contributed by atoms with Crippen molar-refractivity contribution in [2.24, 2.45) is 0 Å². The molecule has 1 amide bonds. The van der Waals surface area contributed by atoms with Crippen LogP contribution in [0, 0.1) is 5.82 Å². The molecule has 0 radical (unpaired) electrons. The smallest absolute Gasteiger partial charge is 0.251 e. The summed E-state index contributed by atoms with van der Waals surface area (Å²) in [4.78, 5) is 12.4. The lowest BCUT2D eigenvalue weighted by Gasteiger charge is -2.21. The summed E-state index contributed by atoms with van der Waals surface area (Å²) < 4.78 is 39.8. The minimum Gasteiger partial charge on any atom is -0.348 e. The van der Waals surface area contributed by atoms with Gasteiger partial charge in [-0.1, -0.05) is 15.9 Å². The number of carbonyl (C=O) groups excluding carboxylic acids is 1. The van der Waals surface area contributed by atoms with Gasteiger partial charge in [-0.2, -0.15) is 0 Å². The van der Waals surface area contributed by atoms with Gasteiger partial charge in [0, 0.05) is 28.2 Å². The number of nitrogens with zero attached hydrogens (tertiary/aromatic N) is 1. The molecule has 0 saturated heterocycles. The first-order valence-electron chi connectivity index (χ1n) is 8.01. The van der Waals surface area contributed by atoms with E-state index in [0.29, 0.717) is 23.2 Å². The molecule has 5 nitrogen and oxygen atoms in total. The third-order valence-corrected chi connectivity index (χ3v) is 6.06. The SMILES string of the molecule is CC1Cc2cc(C(=O)NCc3cc(Br)ccc3F)ccc2N1S(C)(=O)=O. The van der Waals surface area contributed by atoms with Crippen molar-refractivity contribution in [1.82, 2.24) is 5.32 Å². The van der Waals surface area contributed by atoms with Gasteiger partial charge in [0.15, 0.2) is 0 Å². The maximum absolute atomic E-state index is 13.8. The van der Waals surface area contributed by atoms with Crippen LogP contribution in [-0.4, -0.2) is 26.6 Å². The van der Waals surface area contributed by atoms with E-state index in [0.717, 1.165) is 10.0 Å². The van der Waals surface area contributed by atoms with E-state index in [2.05, 4.69) is 21.2 Å². The number of nitrogens with one attached hydrogen (secondary N) is 1. The van der Waals surface area contributed by atoms with Crippen molar-refractivity contribution >= 4 is 37.5 Å².